The first-order valence-corrected chi connectivity index (χ1v) is 22.5. The van der Waals surface area contributed by atoms with Crippen LogP contribution < -0.4 is 0 Å². The van der Waals surface area contributed by atoms with Crippen molar-refractivity contribution in [3.8, 4) is 0 Å². The van der Waals surface area contributed by atoms with Crippen LogP contribution in [-0.4, -0.2) is 34.0 Å². The summed E-state index contributed by atoms with van der Waals surface area (Å²) in [4.78, 5) is 5.79. The van der Waals surface area contributed by atoms with E-state index < -0.39 is 0 Å². The summed E-state index contributed by atoms with van der Waals surface area (Å²) < 4.78 is 0. The molecular weight excluding hydrogens is 653 g/mol. The van der Waals surface area contributed by atoms with Gasteiger partial charge in [0.25, 0.3) is 0 Å². The van der Waals surface area contributed by atoms with Crippen LogP contribution in [0.4, 0.5) is 0 Å². The zero-order valence-corrected chi connectivity index (χ0v) is 34.3. The van der Waals surface area contributed by atoms with E-state index in [-0.39, 0.29) is 0 Å². The first-order valence-electron chi connectivity index (χ1n) is 22.5. The third kappa shape index (κ3) is 8.44. The van der Waals surface area contributed by atoms with Crippen molar-refractivity contribution in [1.82, 2.24) is 9.80 Å². The van der Waals surface area contributed by atoms with E-state index in [1.54, 1.807) is 33.7 Å². The van der Waals surface area contributed by atoms with Gasteiger partial charge in [-0.15, -0.1) is 0 Å². The molecule has 0 heterocycles. The Morgan fingerprint density at radius 2 is 1.39 bits per heavy atom. The highest BCUT2D eigenvalue weighted by Crippen LogP contribution is 2.47. The normalized spacial score (nSPS) is 35.6. The fourth-order valence-electron chi connectivity index (χ4n) is 11.3. The van der Waals surface area contributed by atoms with Gasteiger partial charge in [0.05, 0.1) is 12.1 Å². The third-order valence-electron chi connectivity index (χ3n) is 14.5. The molecule has 288 valence electrons. The SMILES string of the molecule is CC1=CCC(N(C2=CCC(C)CC2)C2C=CC=C(C3=CCCC=C3C3C=CCCC3C3=CCCC(N(C4=CCC(C)CC4)C4C=CC(C)CC4)C3)C2)C=C1. The summed E-state index contributed by atoms with van der Waals surface area (Å²) in [5, 5.41) is 0. The quantitative estimate of drug-likeness (QED) is 0.219. The molecule has 8 rings (SSSR count). The average molecular weight is 723 g/mol. The fourth-order valence-corrected chi connectivity index (χ4v) is 11.3. The minimum absolute atomic E-state index is 0.398. The Morgan fingerprint density at radius 3 is 2.11 bits per heavy atom. The number of nitrogens with zero attached hydrogens (tertiary/aromatic N) is 2. The van der Waals surface area contributed by atoms with E-state index in [0.717, 1.165) is 37.0 Å². The lowest BCUT2D eigenvalue weighted by atomic mass is 9.68. The Morgan fingerprint density at radius 1 is 0.593 bits per heavy atom. The molecule has 0 spiro atoms. The zero-order valence-electron chi connectivity index (χ0n) is 34.3. The van der Waals surface area contributed by atoms with Crippen LogP contribution in [0.15, 0.2) is 130 Å². The van der Waals surface area contributed by atoms with Crippen LogP contribution in [0.1, 0.15) is 137 Å². The average Bonchev–Trinajstić information content (AvgIpc) is 3.21. The molecule has 0 aromatic rings. The molecule has 0 N–H and O–H groups in total. The van der Waals surface area contributed by atoms with Crippen LogP contribution in [0.2, 0.25) is 0 Å². The van der Waals surface area contributed by atoms with Gasteiger partial charge in [-0.05, 0) is 156 Å². The highest BCUT2D eigenvalue weighted by Gasteiger charge is 2.37. The molecule has 0 aromatic heterocycles. The lowest BCUT2D eigenvalue weighted by molar-refractivity contribution is 0.162. The molecule has 0 fully saturated rings. The summed E-state index contributed by atoms with van der Waals surface area (Å²) in [6, 6.07) is 2.03. The molecule has 0 saturated heterocycles. The van der Waals surface area contributed by atoms with Gasteiger partial charge in [-0.25, -0.2) is 0 Å². The third-order valence-corrected chi connectivity index (χ3v) is 14.5. The molecule has 0 aromatic carbocycles. The molecule has 8 aliphatic rings. The summed E-state index contributed by atoms with van der Waals surface area (Å²) in [5.41, 5.74) is 11.2. The first kappa shape index (κ1) is 37.7. The van der Waals surface area contributed by atoms with Gasteiger partial charge in [0.2, 0.25) is 0 Å². The molecule has 9 unspecified atom stereocenters. The van der Waals surface area contributed by atoms with Crippen molar-refractivity contribution in [3.63, 3.8) is 0 Å². The second-order valence-electron chi connectivity index (χ2n) is 18.6. The molecule has 2 heteroatoms. The smallest absolute Gasteiger partial charge is 0.0519 e. The number of hydrogen-bond acceptors (Lipinski definition) is 2. The topological polar surface area (TPSA) is 6.48 Å². The summed E-state index contributed by atoms with van der Waals surface area (Å²) in [5.74, 6) is 3.43. The standard InChI is InChI=1S/C52H70N2/c1-37-19-27-43(28-20-37)53(44-29-21-38(2)22-30-44)47-13-9-11-41(35-47)49-15-5-7-17-51(49)52-18-8-6-16-50(52)42-12-10-14-48(36-42)54(45-31-23-39(3)24-32-45)46-33-25-40(4)26-34-46/h7,10-12,14,16-19,23-24,27,29,31,33,37-38,40,43,45,47-49,51H,5-6,8-9,13,15,20-22,25-26,28,30,32,34-36H2,1-4H3. The lowest BCUT2D eigenvalue weighted by Gasteiger charge is -2.46. The molecule has 0 radical (unpaired) electrons. The van der Waals surface area contributed by atoms with Crippen LogP contribution in [-0.2, 0) is 0 Å². The van der Waals surface area contributed by atoms with Crippen LogP contribution in [0.5, 0.6) is 0 Å². The Labute approximate surface area is 329 Å². The van der Waals surface area contributed by atoms with E-state index in [4.69, 9.17) is 0 Å². The maximum atomic E-state index is 2.96. The molecule has 0 saturated carbocycles. The minimum atomic E-state index is 0.398. The van der Waals surface area contributed by atoms with Crippen molar-refractivity contribution in [2.24, 2.45) is 29.6 Å². The molecule has 9 atom stereocenters. The van der Waals surface area contributed by atoms with E-state index in [0.29, 0.717) is 36.0 Å². The molecular formula is C52H70N2. The van der Waals surface area contributed by atoms with Gasteiger partial charge >= 0.3 is 0 Å². The lowest BCUT2D eigenvalue weighted by Crippen LogP contribution is -2.45. The van der Waals surface area contributed by atoms with E-state index in [2.05, 4.69) is 129 Å². The van der Waals surface area contributed by atoms with Gasteiger partial charge in [-0.3, -0.25) is 0 Å². The highest BCUT2D eigenvalue weighted by atomic mass is 15.2. The molecule has 2 nitrogen and oxygen atoms in total. The Balaban J connectivity index is 1.03. The summed E-state index contributed by atoms with van der Waals surface area (Å²) >= 11 is 0. The Bertz CT molecular complexity index is 1710. The van der Waals surface area contributed by atoms with E-state index in [1.807, 2.05) is 0 Å². The van der Waals surface area contributed by atoms with Gasteiger partial charge in [0.1, 0.15) is 0 Å². The maximum Gasteiger partial charge on any atom is 0.0519 e. The second kappa shape index (κ2) is 17.3. The van der Waals surface area contributed by atoms with Crippen molar-refractivity contribution >= 4 is 0 Å². The number of allylic oxidation sites excluding steroid dienone is 16. The van der Waals surface area contributed by atoms with Gasteiger partial charge in [0.15, 0.2) is 0 Å². The van der Waals surface area contributed by atoms with E-state index in [1.165, 1.54) is 95.5 Å². The van der Waals surface area contributed by atoms with E-state index in [9.17, 15) is 0 Å². The van der Waals surface area contributed by atoms with Crippen LogP contribution >= 0.6 is 0 Å². The summed E-state index contributed by atoms with van der Waals surface area (Å²) in [7, 11) is 0. The van der Waals surface area contributed by atoms with Crippen molar-refractivity contribution in [2.75, 3.05) is 0 Å². The minimum Gasteiger partial charge on any atom is -0.365 e. The zero-order chi connectivity index (χ0) is 37.0. The van der Waals surface area contributed by atoms with Crippen LogP contribution in [0.3, 0.4) is 0 Å². The van der Waals surface area contributed by atoms with E-state index >= 15 is 0 Å². The molecule has 54 heavy (non-hydrogen) atoms. The van der Waals surface area contributed by atoms with Crippen LogP contribution in [0.25, 0.3) is 0 Å². The van der Waals surface area contributed by atoms with Crippen molar-refractivity contribution < 1.29 is 0 Å². The maximum absolute atomic E-state index is 2.96. The first-order chi connectivity index (χ1) is 26.4. The van der Waals surface area contributed by atoms with Gasteiger partial charge in [0, 0.05) is 29.4 Å². The molecule has 8 aliphatic carbocycles. The monoisotopic (exact) mass is 723 g/mol. The largest absolute Gasteiger partial charge is 0.365 e. The number of hydrogen-bond donors (Lipinski definition) is 0. The summed E-state index contributed by atoms with van der Waals surface area (Å²) in [6.07, 6.45) is 59.2. The van der Waals surface area contributed by atoms with Gasteiger partial charge in [-0.1, -0.05) is 123 Å². The molecule has 0 bridgehead atoms. The second-order valence-corrected chi connectivity index (χ2v) is 18.6. The van der Waals surface area contributed by atoms with Crippen LogP contribution in [0, 0.1) is 29.6 Å². The Kier molecular flexibility index (Phi) is 12.0. The van der Waals surface area contributed by atoms with Gasteiger partial charge < -0.3 is 9.80 Å². The van der Waals surface area contributed by atoms with Crippen molar-refractivity contribution in [3.05, 3.63) is 130 Å². The van der Waals surface area contributed by atoms with Crippen molar-refractivity contribution in [2.45, 2.75) is 161 Å². The predicted octanol–water partition coefficient (Wildman–Crippen LogP) is 13.6. The summed E-state index contributed by atoms with van der Waals surface area (Å²) in [6.45, 7) is 9.51. The van der Waals surface area contributed by atoms with Crippen molar-refractivity contribution in [1.29, 1.82) is 0 Å². The molecule has 0 amide bonds. The fraction of sp³-hybridized carbons (Fsp3) is 0.577. The Hall–Kier alpha value is -3.26. The predicted molar refractivity (Wildman–Crippen MR) is 231 cm³/mol. The molecule has 0 aliphatic heterocycles. The highest BCUT2D eigenvalue weighted by molar-refractivity contribution is 5.54. The van der Waals surface area contributed by atoms with Gasteiger partial charge in [-0.2, -0.15) is 0 Å². The number of rotatable bonds is 9.